The van der Waals surface area contributed by atoms with Crippen LogP contribution in [0.15, 0.2) is 60.8 Å². The van der Waals surface area contributed by atoms with Gasteiger partial charge in [-0.15, -0.1) is 5.10 Å². The van der Waals surface area contributed by atoms with E-state index in [1.807, 2.05) is 54.6 Å². The topological polar surface area (TPSA) is 88.5 Å². The summed E-state index contributed by atoms with van der Waals surface area (Å²) in [5, 5.41) is 11.0. The highest BCUT2D eigenvalue weighted by molar-refractivity contribution is 5.76. The predicted molar refractivity (Wildman–Crippen MR) is 98.3 cm³/mol. The Bertz CT molecular complexity index is 988. The maximum absolute atomic E-state index is 12.1. The van der Waals surface area contributed by atoms with Gasteiger partial charge in [0.1, 0.15) is 18.1 Å². The highest BCUT2D eigenvalue weighted by Crippen LogP contribution is 2.14. The van der Waals surface area contributed by atoms with E-state index in [0.29, 0.717) is 13.0 Å². The van der Waals surface area contributed by atoms with Gasteiger partial charge in [0, 0.05) is 18.5 Å². The third kappa shape index (κ3) is 3.61. The predicted octanol–water partition coefficient (Wildman–Crippen LogP) is 2.18. The van der Waals surface area contributed by atoms with Gasteiger partial charge in [-0.05, 0) is 12.1 Å². The summed E-state index contributed by atoms with van der Waals surface area (Å²) in [7, 11) is 0. The number of hydrogen-bond donors (Lipinski definition) is 2. The fourth-order valence-corrected chi connectivity index (χ4v) is 2.76. The van der Waals surface area contributed by atoms with Crippen LogP contribution in [-0.4, -0.2) is 37.4 Å². The highest BCUT2D eigenvalue weighted by atomic mass is 16.2. The van der Waals surface area contributed by atoms with Gasteiger partial charge in [-0.2, -0.15) is 0 Å². The summed E-state index contributed by atoms with van der Waals surface area (Å²) in [5.41, 5.74) is 3.67. The molecule has 7 heteroatoms. The van der Waals surface area contributed by atoms with Crippen molar-refractivity contribution < 1.29 is 4.79 Å². The molecule has 130 valence electrons. The molecule has 2 aromatic heterocycles. The molecular weight excluding hydrogens is 328 g/mol. The summed E-state index contributed by atoms with van der Waals surface area (Å²) in [4.78, 5) is 19.8. The lowest BCUT2D eigenvalue weighted by molar-refractivity contribution is -0.121. The summed E-state index contributed by atoms with van der Waals surface area (Å²) in [6.07, 6.45) is 2.42. The lowest BCUT2D eigenvalue weighted by Gasteiger charge is -2.03. The zero-order valence-electron chi connectivity index (χ0n) is 14.1. The normalized spacial score (nSPS) is 10.9. The lowest BCUT2D eigenvalue weighted by Crippen LogP contribution is -2.29. The van der Waals surface area contributed by atoms with Crippen LogP contribution in [-0.2, 0) is 17.8 Å². The number of aromatic nitrogens is 5. The summed E-state index contributed by atoms with van der Waals surface area (Å²) in [6, 6.07) is 17.6. The van der Waals surface area contributed by atoms with Crippen molar-refractivity contribution in [3.63, 3.8) is 0 Å². The molecule has 0 saturated carbocycles. The molecule has 0 aliphatic carbocycles. The SMILES string of the molecule is O=C(Cn1cc(-c2ccccc2)nn1)NCCc1nc2ccccc2[nH]1. The van der Waals surface area contributed by atoms with Gasteiger partial charge in [-0.25, -0.2) is 9.67 Å². The van der Waals surface area contributed by atoms with E-state index < -0.39 is 0 Å². The van der Waals surface area contributed by atoms with Crippen molar-refractivity contribution in [2.75, 3.05) is 6.54 Å². The van der Waals surface area contributed by atoms with Crippen molar-refractivity contribution in [1.82, 2.24) is 30.3 Å². The van der Waals surface area contributed by atoms with Crippen LogP contribution in [0.2, 0.25) is 0 Å². The first-order valence-electron chi connectivity index (χ1n) is 8.44. The first-order valence-corrected chi connectivity index (χ1v) is 8.44. The second-order valence-electron chi connectivity index (χ2n) is 5.97. The Hall–Kier alpha value is -3.48. The molecule has 0 bridgehead atoms. The molecule has 0 aliphatic heterocycles. The van der Waals surface area contributed by atoms with Gasteiger partial charge in [-0.3, -0.25) is 4.79 Å². The number of fused-ring (bicyclic) bond motifs is 1. The van der Waals surface area contributed by atoms with Crippen molar-refractivity contribution in [3.8, 4) is 11.3 Å². The molecule has 2 aromatic carbocycles. The van der Waals surface area contributed by atoms with Gasteiger partial charge in [0.2, 0.25) is 5.91 Å². The Balaban J connectivity index is 1.29. The number of H-pyrrole nitrogens is 1. The molecule has 26 heavy (non-hydrogen) atoms. The molecular formula is C19H18N6O. The summed E-state index contributed by atoms with van der Waals surface area (Å²) >= 11 is 0. The molecule has 0 aliphatic rings. The number of carbonyl (C=O) groups excluding carboxylic acids is 1. The lowest BCUT2D eigenvalue weighted by atomic mass is 10.2. The van der Waals surface area contributed by atoms with Crippen LogP contribution in [0.3, 0.4) is 0 Å². The molecule has 2 N–H and O–H groups in total. The van der Waals surface area contributed by atoms with E-state index in [4.69, 9.17) is 0 Å². The molecule has 0 radical (unpaired) electrons. The minimum Gasteiger partial charge on any atom is -0.354 e. The molecule has 7 nitrogen and oxygen atoms in total. The quantitative estimate of drug-likeness (QED) is 0.560. The number of benzene rings is 2. The van der Waals surface area contributed by atoms with Crippen molar-refractivity contribution in [2.45, 2.75) is 13.0 Å². The van der Waals surface area contributed by atoms with E-state index in [1.54, 1.807) is 10.9 Å². The number of carbonyl (C=O) groups is 1. The first-order chi connectivity index (χ1) is 12.8. The Morgan fingerprint density at radius 2 is 1.88 bits per heavy atom. The van der Waals surface area contributed by atoms with Crippen molar-refractivity contribution in [3.05, 3.63) is 66.6 Å². The zero-order chi connectivity index (χ0) is 17.8. The van der Waals surface area contributed by atoms with Gasteiger partial charge in [0.05, 0.1) is 17.2 Å². The number of nitrogens with zero attached hydrogens (tertiary/aromatic N) is 4. The fraction of sp³-hybridized carbons (Fsp3) is 0.158. The van der Waals surface area contributed by atoms with Crippen LogP contribution in [0.1, 0.15) is 5.82 Å². The van der Waals surface area contributed by atoms with Crippen LogP contribution in [0, 0.1) is 0 Å². The van der Waals surface area contributed by atoms with E-state index in [9.17, 15) is 4.79 Å². The van der Waals surface area contributed by atoms with Gasteiger partial charge in [0.25, 0.3) is 0 Å². The number of hydrogen-bond acceptors (Lipinski definition) is 4. The van der Waals surface area contributed by atoms with Crippen molar-refractivity contribution in [1.29, 1.82) is 0 Å². The molecule has 0 unspecified atom stereocenters. The van der Waals surface area contributed by atoms with E-state index in [0.717, 1.165) is 28.1 Å². The molecule has 4 rings (SSSR count). The average molecular weight is 346 g/mol. The number of nitrogens with one attached hydrogen (secondary N) is 2. The van der Waals surface area contributed by atoms with Crippen LogP contribution in [0.4, 0.5) is 0 Å². The Labute approximate surface area is 150 Å². The van der Waals surface area contributed by atoms with Gasteiger partial charge in [-0.1, -0.05) is 47.7 Å². The third-order valence-corrected chi connectivity index (χ3v) is 4.04. The minimum atomic E-state index is -0.106. The van der Waals surface area contributed by atoms with E-state index in [1.165, 1.54) is 0 Å². The molecule has 0 atom stereocenters. The number of amides is 1. The molecule has 2 heterocycles. The van der Waals surface area contributed by atoms with Crippen LogP contribution < -0.4 is 5.32 Å². The smallest absolute Gasteiger partial charge is 0.241 e. The minimum absolute atomic E-state index is 0.106. The van der Waals surface area contributed by atoms with Crippen molar-refractivity contribution in [2.24, 2.45) is 0 Å². The molecule has 1 amide bonds. The van der Waals surface area contributed by atoms with E-state index in [2.05, 4.69) is 25.6 Å². The van der Waals surface area contributed by atoms with Gasteiger partial charge < -0.3 is 10.3 Å². The van der Waals surface area contributed by atoms with Gasteiger partial charge >= 0.3 is 0 Å². The number of rotatable bonds is 6. The second kappa shape index (κ2) is 7.18. The Kier molecular flexibility index (Phi) is 4.42. The molecule has 0 saturated heterocycles. The van der Waals surface area contributed by atoms with E-state index in [-0.39, 0.29) is 12.5 Å². The number of imidazole rings is 1. The maximum Gasteiger partial charge on any atom is 0.241 e. The standard InChI is InChI=1S/C19H18N6O/c26-19(13-25-12-17(23-24-25)14-6-2-1-3-7-14)20-11-10-18-21-15-8-4-5-9-16(15)22-18/h1-9,12H,10-11,13H2,(H,20,26)(H,21,22). The summed E-state index contributed by atoms with van der Waals surface area (Å²) in [5.74, 6) is 0.754. The number of aromatic amines is 1. The second-order valence-corrected chi connectivity index (χ2v) is 5.97. The maximum atomic E-state index is 12.1. The van der Waals surface area contributed by atoms with E-state index >= 15 is 0 Å². The Morgan fingerprint density at radius 3 is 2.73 bits per heavy atom. The molecule has 4 aromatic rings. The summed E-state index contributed by atoms with van der Waals surface area (Å²) < 4.78 is 1.54. The van der Waals surface area contributed by atoms with Gasteiger partial charge in [0.15, 0.2) is 0 Å². The van der Waals surface area contributed by atoms with Crippen molar-refractivity contribution >= 4 is 16.9 Å². The Morgan fingerprint density at radius 1 is 1.08 bits per heavy atom. The van der Waals surface area contributed by atoms with Crippen LogP contribution in [0.5, 0.6) is 0 Å². The highest BCUT2D eigenvalue weighted by Gasteiger charge is 2.08. The monoisotopic (exact) mass is 346 g/mol. The number of para-hydroxylation sites is 2. The fourth-order valence-electron chi connectivity index (χ4n) is 2.76. The molecule has 0 spiro atoms. The third-order valence-electron chi connectivity index (χ3n) is 4.04. The average Bonchev–Trinajstić information content (AvgIpc) is 3.29. The summed E-state index contributed by atoms with van der Waals surface area (Å²) in [6.45, 7) is 0.652. The van der Waals surface area contributed by atoms with Crippen LogP contribution in [0.25, 0.3) is 22.3 Å². The van der Waals surface area contributed by atoms with Crippen LogP contribution >= 0.6 is 0 Å². The zero-order valence-corrected chi connectivity index (χ0v) is 14.1. The largest absolute Gasteiger partial charge is 0.354 e. The first kappa shape index (κ1) is 16.0. The molecule has 0 fully saturated rings.